The van der Waals surface area contributed by atoms with Gasteiger partial charge < -0.3 is 14.6 Å². The summed E-state index contributed by atoms with van der Waals surface area (Å²) >= 11 is 1.65. The number of carbonyl (C=O) groups is 1. The van der Waals surface area contributed by atoms with Crippen molar-refractivity contribution in [2.45, 2.75) is 65.2 Å². The van der Waals surface area contributed by atoms with Crippen LogP contribution in [-0.2, 0) is 18.8 Å². The van der Waals surface area contributed by atoms with Crippen LogP contribution in [0.4, 0.5) is 0 Å². The van der Waals surface area contributed by atoms with Crippen LogP contribution >= 0.6 is 19.4 Å². The minimum atomic E-state index is -3.99. The third-order valence-corrected chi connectivity index (χ3v) is 9.11. The zero-order valence-electron chi connectivity index (χ0n) is 23.3. The van der Waals surface area contributed by atoms with E-state index < -0.39 is 55.7 Å². The van der Waals surface area contributed by atoms with Gasteiger partial charge in [0.1, 0.15) is 25.0 Å². The van der Waals surface area contributed by atoms with Gasteiger partial charge in [0.05, 0.1) is 12.2 Å². The Morgan fingerprint density at radius 3 is 2.49 bits per heavy atom. The zero-order chi connectivity index (χ0) is 29.9. The Balaban J connectivity index is 1.51. The number of H-pyrrole nitrogens is 1. The zero-order valence-corrected chi connectivity index (χ0v) is 25.1. The van der Waals surface area contributed by atoms with Crippen molar-refractivity contribution >= 4 is 25.4 Å². The topological polar surface area (TPSA) is 161 Å². The second-order valence-electron chi connectivity index (χ2n) is 10.1. The molecule has 14 heteroatoms. The molecule has 3 aromatic rings. The number of aromatic amines is 1. The van der Waals surface area contributed by atoms with Crippen LogP contribution in [-0.4, -0.2) is 56.5 Å². The van der Waals surface area contributed by atoms with E-state index in [1.807, 2.05) is 31.2 Å². The first-order valence-electron chi connectivity index (χ1n) is 13.1. The number of carbonyl (C=O) groups excluding carboxylic acids is 1. The van der Waals surface area contributed by atoms with Gasteiger partial charge >= 0.3 is 19.8 Å². The molecule has 1 unspecified atom stereocenters. The summed E-state index contributed by atoms with van der Waals surface area (Å²) in [6, 6.07) is 11.3. The average Bonchev–Trinajstić information content (AvgIpc) is 3.46. The van der Waals surface area contributed by atoms with Crippen molar-refractivity contribution in [1.29, 1.82) is 0 Å². The van der Waals surface area contributed by atoms with Gasteiger partial charge in [-0.25, -0.2) is 4.79 Å². The van der Waals surface area contributed by atoms with Crippen molar-refractivity contribution in [3.05, 3.63) is 74.4 Å². The standard InChI is InChI=1S/C27H34N3O9PS/c1-15(2)37-26(33)18(5)29-40(35,39-20-9-7-19(8-10-20)22-11-6-16(3)41-22)36-14-21-24(32)17(4)25(38-21)30-13-12-23(31)28-27(30)34/h6-13,15,17-18,21,24-25,29,32,35H,14H2,1-5H3/p+1/t17-,18-,21+,24-,25+,40?/m0/s1. The number of nitrogens with zero attached hydrogens (tertiary/aromatic N) is 1. The molecule has 0 amide bonds. The normalized spacial score (nSPS) is 22.8. The van der Waals surface area contributed by atoms with Gasteiger partial charge in [0, 0.05) is 27.9 Å². The van der Waals surface area contributed by atoms with E-state index in [0.29, 0.717) is 0 Å². The fourth-order valence-electron chi connectivity index (χ4n) is 4.28. The third-order valence-electron chi connectivity index (χ3n) is 6.39. The Morgan fingerprint density at radius 2 is 1.88 bits per heavy atom. The molecule has 12 nitrogen and oxygen atoms in total. The maximum absolute atomic E-state index is 12.5. The quantitative estimate of drug-likeness (QED) is 0.188. The molecule has 2 aromatic heterocycles. The lowest BCUT2D eigenvalue weighted by atomic mass is 10.0. The number of aryl methyl sites for hydroxylation is 1. The highest BCUT2D eigenvalue weighted by molar-refractivity contribution is 7.59. The maximum Gasteiger partial charge on any atom is 0.544 e. The molecule has 4 rings (SSSR count). The van der Waals surface area contributed by atoms with Crippen LogP contribution in [0.5, 0.6) is 5.75 Å². The average molecular weight is 609 g/mol. The van der Waals surface area contributed by atoms with Crippen molar-refractivity contribution in [2.75, 3.05) is 6.61 Å². The largest absolute Gasteiger partial charge is 0.544 e. The second-order valence-corrected chi connectivity index (χ2v) is 13.1. The summed E-state index contributed by atoms with van der Waals surface area (Å²) in [4.78, 5) is 52.2. The van der Waals surface area contributed by atoms with Gasteiger partial charge in [-0.1, -0.05) is 12.0 Å². The molecule has 1 aliphatic heterocycles. The fourth-order valence-corrected chi connectivity index (χ4v) is 6.69. The molecule has 0 saturated carbocycles. The van der Waals surface area contributed by atoms with E-state index in [1.54, 1.807) is 44.2 Å². The number of benzene rings is 1. The number of esters is 1. The molecule has 1 aliphatic rings. The van der Waals surface area contributed by atoms with E-state index in [-0.39, 0.29) is 18.5 Å². The van der Waals surface area contributed by atoms with Crippen molar-refractivity contribution in [3.8, 4) is 16.2 Å². The second kappa shape index (κ2) is 13.0. The van der Waals surface area contributed by atoms with E-state index in [4.69, 9.17) is 18.5 Å². The molecule has 6 atom stereocenters. The highest BCUT2D eigenvalue weighted by atomic mass is 32.1. The van der Waals surface area contributed by atoms with Crippen LogP contribution in [0.25, 0.3) is 10.4 Å². The first-order valence-corrected chi connectivity index (χ1v) is 15.5. The van der Waals surface area contributed by atoms with E-state index in [0.717, 1.165) is 10.4 Å². The van der Waals surface area contributed by atoms with Crippen LogP contribution in [0.15, 0.2) is 58.3 Å². The molecule has 1 fully saturated rings. The summed E-state index contributed by atoms with van der Waals surface area (Å²) in [6.07, 6.45) is -2.02. The predicted molar refractivity (Wildman–Crippen MR) is 154 cm³/mol. The van der Waals surface area contributed by atoms with Gasteiger partial charge in [-0.2, -0.15) is 9.42 Å². The Hall–Kier alpha value is -2.90. The number of hydrogen-bond donors (Lipinski definition) is 4. The Morgan fingerprint density at radius 1 is 1.17 bits per heavy atom. The van der Waals surface area contributed by atoms with E-state index in [9.17, 15) is 24.4 Å². The van der Waals surface area contributed by atoms with E-state index in [2.05, 4.69) is 10.1 Å². The molecule has 4 N–H and O–H groups in total. The number of ether oxygens (including phenoxy) is 2. The van der Waals surface area contributed by atoms with Crippen LogP contribution in [0, 0.1) is 12.8 Å². The minimum absolute atomic E-state index is 0.286. The molecule has 1 aromatic carbocycles. The summed E-state index contributed by atoms with van der Waals surface area (Å²) in [5.41, 5.74) is -0.269. The summed E-state index contributed by atoms with van der Waals surface area (Å²) < 4.78 is 24.0. The lowest BCUT2D eigenvalue weighted by Crippen LogP contribution is -2.39. The van der Waals surface area contributed by atoms with Crippen molar-refractivity contribution in [3.63, 3.8) is 0 Å². The number of aliphatic hydroxyl groups is 1. The maximum atomic E-state index is 12.5. The van der Waals surface area contributed by atoms with Gasteiger partial charge in [0.15, 0.2) is 5.75 Å². The number of aromatic nitrogens is 2. The van der Waals surface area contributed by atoms with Crippen LogP contribution in [0.3, 0.4) is 0 Å². The summed E-state index contributed by atoms with van der Waals surface area (Å²) in [7, 11) is -3.99. The van der Waals surface area contributed by atoms with Gasteiger partial charge in [-0.05, 0) is 69.7 Å². The monoisotopic (exact) mass is 608 g/mol. The fraction of sp³-hybridized carbons (Fsp3) is 0.444. The van der Waals surface area contributed by atoms with E-state index in [1.165, 1.54) is 28.6 Å². The Kier molecular flexibility index (Phi) is 9.81. The summed E-state index contributed by atoms with van der Waals surface area (Å²) in [6.45, 7) is 8.29. The molecular weight excluding hydrogens is 573 g/mol. The minimum Gasteiger partial charge on any atom is -0.462 e. The molecule has 41 heavy (non-hydrogen) atoms. The smallest absolute Gasteiger partial charge is 0.462 e. The van der Waals surface area contributed by atoms with Gasteiger partial charge in [0.25, 0.3) is 5.56 Å². The van der Waals surface area contributed by atoms with Crippen molar-refractivity contribution < 1.29 is 33.3 Å². The van der Waals surface area contributed by atoms with Crippen LogP contribution < -0.4 is 20.9 Å². The lowest BCUT2D eigenvalue weighted by molar-refractivity contribution is -0.149. The number of rotatable bonds is 11. The number of nitrogens with one attached hydrogen (secondary N) is 2. The molecule has 1 saturated heterocycles. The number of thiophene rings is 1. The Bertz CT molecular complexity index is 1460. The van der Waals surface area contributed by atoms with Crippen molar-refractivity contribution in [2.24, 2.45) is 5.92 Å². The highest BCUT2D eigenvalue weighted by Crippen LogP contribution is 2.54. The molecule has 0 aliphatic carbocycles. The lowest BCUT2D eigenvalue weighted by Gasteiger charge is -2.23. The van der Waals surface area contributed by atoms with Gasteiger partial charge in [-0.3, -0.25) is 23.7 Å². The van der Waals surface area contributed by atoms with E-state index >= 15 is 0 Å². The van der Waals surface area contributed by atoms with Crippen molar-refractivity contribution in [1.82, 2.24) is 14.6 Å². The van der Waals surface area contributed by atoms with Crippen LogP contribution in [0.1, 0.15) is 38.8 Å². The molecule has 222 valence electrons. The van der Waals surface area contributed by atoms with Gasteiger partial charge in [-0.15, -0.1) is 11.3 Å². The number of hydrogen-bond acceptors (Lipinski definition) is 11. The SMILES string of the molecule is Cc1ccc(-c2ccc(O[P+](O)(N[C@@H](C)C(=O)OC(C)C)OC[C@H]3O[C@@H](n4ccc(=O)[nH]c4=O)[C@@H](C)[C@@H]3O)cc2)s1. The summed E-state index contributed by atoms with van der Waals surface area (Å²) in [5, 5.41) is 13.6. The molecular formula is C27H35N3O9PS+. The molecule has 0 radical (unpaired) electrons. The molecule has 0 spiro atoms. The summed E-state index contributed by atoms with van der Waals surface area (Å²) in [5.74, 6) is -0.882. The Labute approximate surface area is 241 Å². The van der Waals surface area contributed by atoms with Gasteiger partial charge in [0.2, 0.25) is 0 Å². The predicted octanol–water partition coefficient (Wildman–Crippen LogP) is 3.16. The first-order chi connectivity index (χ1) is 19.3. The third kappa shape index (κ3) is 7.69. The van der Waals surface area contributed by atoms with Crippen LogP contribution in [0.2, 0.25) is 0 Å². The molecule has 3 heterocycles. The highest BCUT2D eigenvalue weighted by Gasteiger charge is 2.50. The first kappa shape index (κ1) is 31.0. The molecule has 0 bridgehead atoms. The number of aliphatic hydroxyl groups excluding tert-OH is 1.